The number of carbonyl (C=O) groups is 1. The summed E-state index contributed by atoms with van der Waals surface area (Å²) < 4.78 is 28.1. The van der Waals surface area contributed by atoms with Crippen molar-refractivity contribution in [3.8, 4) is 0 Å². The Hall–Kier alpha value is -2.48. The molecule has 0 aliphatic rings. The molecule has 0 fully saturated rings. The van der Waals surface area contributed by atoms with E-state index in [0.717, 1.165) is 14.8 Å². The quantitative estimate of drug-likeness (QED) is 0.315. The summed E-state index contributed by atoms with van der Waals surface area (Å²) in [5, 5.41) is 3.34. The fourth-order valence-corrected chi connectivity index (χ4v) is 5.70. The molecule has 0 unspecified atom stereocenters. The zero-order valence-electron chi connectivity index (χ0n) is 18.8. The second kappa shape index (κ2) is 11.1. The van der Waals surface area contributed by atoms with Crippen molar-refractivity contribution in [2.75, 3.05) is 23.1 Å². The molecule has 8 heteroatoms. The summed E-state index contributed by atoms with van der Waals surface area (Å²) in [6.07, 6.45) is 0. The molecule has 0 bridgehead atoms. The molecule has 5 nitrogen and oxygen atoms in total. The highest BCUT2D eigenvalue weighted by Gasteiger charge is 2.28. The predicted octanol–water partition coefficient (Wildman–Crippen LogP) is 5.37. The van der Waals surface area contributed by atoms with Crippen LogP contribution in [0.3, 0.4) is 0 Å². The lowest BCUT2D eigenvalue weighted by molar-refractivity contribution is -0.119. The summed E-state index contributed by atoms with van der Waals surface area (Å²) in [6, 6.07) is 19.7. The SMILES string of the molecule is Cc1ccc(SCCNC(=O)CN(c2ccc(Cl)cc2C)S(=O)(=O)c2ccc(C)cc2)cc1. The lowest BCUT2D eigenvalue weighted by Gasteiger charge is -2.26. The van der Waals surface area contributed by atoms with Gasteiger partial charge in [-0.25, -0.2) is 8.42 Å². The van der Waals surface area contributed by atoms with E-state index in [1.807, 2.05) is 38.1 Å². The van der Waals surface area contributed by atoms with Gasteiger partial charge >= 0.3 is 0 Å². The maximum atomic E-state index is 13.5. The average molecular weight is 503 g/mol. The minimum Gasteiger partial charge on any atom is -0.354 e. The summed E-state index contributed by atoms with van der Waals surface area (Å²) >= 11 is 7.70. The molecule has 3 aromatic carbocycles. The molecule has 0 spiro atoms. The number of anilines is 1. The van der Waals surface area contributed by atoms with Crippen LogP contribution in [0.1, 0.15) is 16.7 Å². The normalized spacial score (nSPS) is 11.3. The standard InChI is InChI=1S/C25H27ClN2O3S2/c1-18-4-9-22(10-5-18)32-15-14-27-25(29)17-28(24-13-8-21(26)16-20(24)3)33(30,31)23-11-6-19(2)7-12-23/h4-13,16H,14-15,17H2,1-3H3,(H,27,29). The molecule has 174 valence electrons. The Kier molecular flexibility index (Phi) is 8.46. The van der Waals surface area contributed by atoms with Crippen molar-refractivity contribution >= 4 is 45.0 Å². The third kappa shape index (κ3) is 6.76. The topological polar surface area (TPSA) is 66.5 Å². The van der Waals surface area contributed by atoms with Crippen molar-refractivity contribution in [2.45, 2.75) is 30.6 Å². The first-order valence-corrected chi connectivity index (χ1v) is 13.3. The van der Waals surface area contributed by atoms with Crippen LogP contribution in [0.4, 0.5) is 5.69 Å². The molecule has 0 saturated carbocycles. The van der Waals surface area contributed by atoms with Gasteiger partial charge in [-0.05, 0) is 68.8 Å². The van der Waals surface area contributed by atoms with Gasteiger partial charge in [0.05, 0.1) is 10.6 Å². The van der Waals surface area contributed by atoms with E-state index in [2.05, 4.69) is 5.32 Å². The molecule has 0 heterocycles. The smallest absolute Gasteiger partial charge is 0.264 e. The lowest BCUT2D eigenvalue weighted by Crippen LogP contribution is -2.41. The zero-order chi connectivity index (χ0) is 24.0. The summed E-state index contributed by atoms with van der Waals surface area (Å²) in [6.45, 7) is 5.80. The Morgan fingerprint density at radius 2 is 1.55 bits per heavy atom. The number of thioether (sulfide) groups is 1. The second-order valence-electron chi connectivity index (χ2n) is 7.77. The first-order valence-electron chi connectivity index (χ1n) is 10.5. The Morgan fingerprint density at radius 1 is 0.939 bits per heavy atom. The molecular formula is C25H27ClN2O3S2. The molecule has 3 rings (SSSR count). The second-order valence-corrected chi connectivity index (χ2v) is 11.2. The molecule has 0 aromatic heterocycles. The van der Waals surface area contributed by atoms with E-state index in [4.69, 9.17) is 11.6 Å². The summed E-state index contributed by atoms with van der Waals surface area (Å²) in [5.74, 6) is 0.309. The minimum absolute atomic E-state index is 0.130. The van der Waals surface area contributed by atoms with Crippen LogP contribution in [0.25, 0.3) is 0 Å². The van der Waals surface area contributed by atoms with E-state index in [1.54, 1.807) is 61.2 Å². The number of carbonyl (C=O) groups excluding carboxylic acids is 1. The van der Waals surface area contributed by atoms with Gasteiger partial charge in [-0.2, -0.15) is 0 Å². The van der Waals surface area contributed by atoms with Gasteiger partial charge in [0.2, 0.25) is 5.91 Å². The Balaban J connectivity index is 1.74. The van der Waals surface area contributed by atoms with E-state index in [0.29, 0.717) is 28.6 Å². The number of hydrogen-bond donors (Lipinski definition) is 1. The van der Waals surface area contributed by atoms with Crippen molar-refractivity contribution in [3.63, 3.8) is 0 Å². The largest absolute Gasteiger partial charge is 0.354 e. The Morgan fingerprint density at radius 3 is 2.15 bits per heavy atom. The van der Waals surface area contributed by atoms with Gasteiger partial charge in [0, 0.05) is 22.2 Å². The van der Waals surface area contributed by atoms with Gasteiger partial charge < -0.3 is 5.32 Å². The van der Waals surface area contributed by atoms with Gasteiger partial charge in [0.25, 0.3) is 10.0 Å². The maximum absolute atomic E-state index is 13.5. The number of sulfonamides is 1. The summed E-state index contributed by atoms with van der Waals surface area (Å²) in [5.41, 5.74) is 3.23. The Bertz CT molecular complexity index is 1210. The van der Waals surface area contributed by atoms with Crippen molar-refractivity contribution in [1.29, 1.82) is 0 Å². The number of benzene rings is 3. The van der Waals surface area contributed by atoms with Crippen molar-refractivity contribution < 1.29 is 13.2 Å². The number of aryl methyl sites for hydroxylation is 3. The number of nitrogens with one attached hydrogen (secondary N) is 1. The van der Waals surface area contributed by atoms with E-state index < -0.39 is 10.0 Å². The van der Waals surface area contributed by atoms with E-state index >= 15 is 0 Å². The fraction of sp³-hybridized carbons (Fsp3) is 0.240. The number of amides is 1. The maximum Gasteiger partial charge on any atom is 0.264 e. The minimum atomic E-state index is -3.95. The monoisotopic (exact) mass is 502 g/mol. The fourth-order valence-electron chi connectivity index (χ4n) is 3.22. The number of nitrogens with zero attached hydrogens (tertiary/aromatic N) is 1. The van der Waals surface area contributed by atoms with Gasteiger partial charge in [-0.15, -0.1) is 11.8 Å². The third-order valence-corrected chi connectivity index (χ3v) is 8.06. The van der Waals surface area contributed by atoms with Crippen molar-refractivity contribution in [1.82, 2.24) is 5.32 Å². The van der Waals surface area contributed by atoms with Crippen LogP contribution in [-0.2, 0) is 14.8 Å². The molecule has 0 aliphatic carbocycles. The number of hydrogen-bond acceptors (Lipinski definition) is 4. The van der Waals surface area contributed by atoms with Crippen molar-refractivity contribution in [2.24, 2.45) is 0 Å². The highest BCUT2D eigenvalue weighted by atomic mass is 35.5. The van der Waals surface area contributed by atoms with Crippen molar-refractivity contribution in [3.05, 3.63) is 88.4 Å². The van der Waals surface area contributed by atoms with Crippen LogP contribution in [0.5, 0.6) is 0 Å². The van der Waals surface area contributed by atoms with Crippen LogP contribution in [-0.4, -0.2) is 33.2 Å². The molecular weight excluding hydrogens is 476 g/mol. The third-order valence-electron chi connectivity index (χ3n) is 5.04. The summed E-state index contributed by atoms with van der Waals surface area (Å²) in [7, 11) is -3.95. The van der Waals surface area contributed by atoms with E-state index in [-0.39, 0.29) is 17.3 Å². The van der Waals surface area contributed by atoms with Gasteiger partial charge in [-0.1, -0.05) is 47.0 Å². The van der Waals surface area contributed by atoms with Gasteiger partial charge in [0.1, 0.15) is 6.54 Å². The molecule has 1 amide bonds. The van der Waals surface area contributed by atoms with Crippen LogP contribution in [0.2, 0.25) is 5.02 Å². The first-order chi connectivity index (χ1) is 15.7. The highest BCUT2D eigenvalue weighted by Crippen LogP contribution is 2.29. The highest BCUT2D eigenvalue weighted by molar-refractivity contribution is 7.99. The molecule has 1 N–H and O–H groups in total. The molecule has 0 saturated heterocycles. The van der Waals surface area contributed by atoms with E-state index in [9.17, 15) is 13.2 Å². The van der Waals surface area contributed by atoms with E-state index in [1.165, 1.54) is 5.56 Å². The Labute approximate surface area is 205 Å². The zero-order valence-corrected chi connectivity index (χ0v) is 21.2. The molecule has 0 aliphatic heterocycles. The number of rotatable bonds is 9. The molecule has 3 aromatic rings. The summed E-state index contributed by atoms with van der Waals surface area (Å²) in [4.78, 5) is 14.0. The van der Waals surface area contributed by atoms with Crippen LogP contribution >= 0.6 is 23.4 Å². The van der Waals surface area contributed by atoms with Gasteiger partial charge in [-0.3, -0.25) is 9.10 Å². The average Bonchev–Trinajstić information content (AvgIpc) is 2.77. The van der Waals surface area contributed by atoms with Crippen LogP contribution in [0.15, 0.2) is 76.5 Å². The molecule has 0 atom stereocenters. The first kappa shape index (κ1) is 25.1. The van der Waals surface area contributed by atoms with Gasteiger partial charge in [0.15, 0.2) is 0 Å². The lowest BCUT2D eigenvalue weighted by atomic mass is 10.2. The molecule has 0 radical (unpaired) electrons. The molecule has 33 heavy (non-hydrogen) atoms. The van der Waals surface area contributed by atoms with Crippen LogP contribution in [0, 0.1) is 20.8 Å². The number of halogens is 1. The van der Waals surface area contributed by atoms with Crippen LogP contribution < -0.4 is 9.62 Å². The predicted molar refractivity (Wildman–Crippen MR) is 137 cm³/mol.